The lowest BCUT2D eigenvalue weighted by Crippen LogP contribution is -2.64. The summed E-state index contributed by atoms with van der Waals surface area (Å²) in [6.45, 7) is 9.97. The van der Waals surface area contributed by atoms with E-state index in [-0.39, 0.29) is 78.2 Å². The molecule has 2 saturated heterocycles. The Morgan fingerprint density at radius 1 is 0.933 bits per heavy atom. The Morgan fingerprint density at radius 2 is 1.52 bits per heavy atom. The molecule has 0 bridgehead atoms. The van der Waals surface area contributed by atoms with E-state index in [2.05, 4.69) is 10.3 Å². The van der Waals surface area contributed by atoms with E-state index < -0.39 is 48.3 Å². The Hall–Kier alpha value is -5.31. The molecule has 3 aliphatic rings. The fourth-order valence-corrected chi connectivity index (χ4v) is 11.1. The smallest absolute Gasteiger partial charge is 0.410 e. The van der Waals surface area contributed by atoms with Crippen molar-refractivity contribution in [1.29, 1.82) is 0 Å². The van der Waals surface area contributed by atoms with Crippen molar-refractivity contribution >= 4 is 67.1 Å². The molecule has 318 valence electrons. The molecule has 6 atom stereocenters. The van der Waals surface area contributed by atoms with Crippen LogP contribution in [0.5, 0.6) is 0 Å². The van der Waals surface area contributed by atoms with E-state index in [4.69, 9.17) is 13.9 Å². The van der Waals surface area contributed by atoms with Crippen LogP contribution in [0.15, 0.2) is 88.6 Å². The lowest BCUT2D eigenvalue weighted by Gasteiger charge is -2.48. The van der Waals surface area contributed by atoms with Crippen LogP contribution in [0.25, 0.3) is 0 Å². The minimum Gasteiger partial charge on any atom is -0.456 e. The quantitative estimate of drug-likeness (QED) is 0.0394. The van der Waals surface area contributed by atoms with Gasteiger partial charge in [0, 0.05) is 70.7 Å². The van der Waals surface area contributed by atoms with Gasteiger partial charge in [-0.25, -0.2) is 9.59 Å². The van der Waals surface area contributed by atoms with Gasteiger partial charge in [-0.2, -0.15) is 0 Å². The van der Waals surface area contributed by atoms with Crippen LogP contribution in [-0.2, 0) is 41.5 Å². The normalized spacial score (nSPS) is 21.6. The minimum atomic E-state index is -2.04. The van der Waals surface area contributed by atoms with Crippen molar-refractivity contribution in [2.45, 2.75) is 81.5 Å². The van der Waals surface area contributed by atoms with Gasteiger partial charge in [0.1, 0.15) is 18.9 Å². The van der Waals surface area contributed by atoms with Gasteiger partial charge in [0.2, 0.25) is 11.8 Å². The van der Waals surface area contributed by atoms with Gasteiger partial charge < -0.3 is 29.0 Å². The summed E-state index contributed by atoms with van der Waals surface area (Å²) in [5.74, 6) is -1.85. The number of non-ortho nitro benzene ring substituents is 2. The van der Waals surface area contributed by atoms with Crippen LogP contribution in [-0.4, -0.2) is 99.1 Å². The predicted octanol–water partition coefficient (Wildman–Crippen LogP) is 6.29. The van der Waals surface area contributed by atoms with Gasteiger partial charge in [-0.3, -0.25) is 34.8 Å². The lowest BCUT2D eigenvalue weighted by molar-refractivity contribution is -0.385. The summed E-state index contributed by atoms with van der Waals surface area (Å²) in [6, 6.07) is 14.1. The third kappa shape index (κ3) is 10.5. The van der Waals surface area contributed by atoms with Crippen LogP contribution >= 0.6 is 23.5 Å². The number of nitro benzene ring substituents is 2. The average Bonchev–Trinajstić information content (AvgIpc) is 3.73. The summed E-state index contributed by atoms with van der Waals surface area (Å²) in [7, 11) is -2.04. The molecule has 4 heterocycles. The largest absolute Gasteiger partial charge is 0.456 e. The number of carbonyl (C=O) groups is 4. The van der Waals surface area contributed by atoms with Crippen molar-refractivity contribution in [3.63, 3.8) is 0 Å². The van der Waals surface area contributed by atoms with E-state index in [0.717, 1.165) is 4.90 Å². The number of esters is 1. The maximum absolute atomic E-state index is 14.0. The number of fused-ring (bicyclic) bond motifs is 1. The molecule has 1 N–H and O–H groups in total. The highest BCUT2D eigenvalue weighted by Crippen LogP contribution is 2.53. The van der Waals surface area contributed by atoms with Crippen molar-refractivity contribution in [3.05, 3.63) is 115 Å². The summed E-state index contributed by atoms with van der Waals surface area (Å²) in [5.41, 5.74) is 1.00. The number of nitro groups is 2. The maximum Gasteiger partial charge on any atom is 0.410 e. The van der Waals surface area contributed by atoms with Gasteiger partial charge >= 0.3 is 12.1 Å². The number of thioether (sulfide) groups is 2. The van der Waals surface area contributed by atoms with Crippen molar-refractivity contribution in [3.8, 4) is 0 Å². The zero-order valence-corrected chi connectivity index (χ0v) is 36.3. The summed E-state index contributed by atoms with van der Waals surface area (Å²) in [5, 5.41) is 24.9. The van der Waals surface area contributed by atoms with Gasteiger partial charge in [-0.15, -0.1) is 23.5 Å². The van der Waals surface area contributed by atoms with Gasteiger partial charge in [-0.1, -0.05) is 6.92 Å². The molecule has 0 spiro atoms. The number of nitrogens with one attached hydrogen (secondary N) is 1. The third-order valence-corrected chi connectivity index (χ3v) is 13.9. The number of carbonyl (C=O) groups excluding carboxylic acids is 4. The zero-order chi connectivity index (χ0) is 43.3. The fraction of sp³-hybridized carbons (Fsp3) is 0.425. The first-order valence-corrected chi connectivity index (χ1v) is 24.6. The molecule has 0 saturated carbocycles. The Morgan fingerprint density at radius 3 is 2.08 bits per heavy atom. The molecule has 0 radical (unpaired) electrons. The number of rotatable bonds is 17. The van der Waals surface area contributed by atoms with E-state index in [9.17, 15) is 39.4 Å². The topological polar surface area (TPSA) is 214 Å². The monoisotopic (exact) mass is 878 g/mol. The summed E-state index contributed by atoms with van der Waals surface area (Å²) in [4.78, 5) is 84.4. The SMILES string of the molecule is C[C@@H](O[Si](C)(C)C)[C@H]1C(=O)N2C(C(=O)OCc3ccc([N+](=O)[O-])cc3)=C(S[C@H]3C[C@@H](CNC(=O)CSc4ccncc4)N(C(=O)OCc4ccc([N+](=O)[O-])cc4)C3)[C@H](C)[C@H]12. The Labute approximate surface area is 356 Å². The average molecular weight is 879 g/mol. The zero-order valence-electron chi connectivity index (χ0n) is 33.7. The summed E-state index contributed by atoms with van der Waals surface area (Å²) in [6.07, 6.45) is 2.65. The third-order valence-electron chi connectivity index (χ3n) is 10.3. The van der Waals surface area contributed by atoms with Crippen LogP contribution < -0.4 is 5.32 Å². The van der Waals surface area contributed by atoms with Gasteiger partial charge in [-0.05, 0) is 80.5 Å². The Kier molecular flexibility index (Phi) is 14.0. The molecule has 17 nitrogen and oxygen atoms in total. The number of pyridine rings is 1. The number of likely N-dealkylation sites (tertiary alicyclic amines) is 1. The first-order chi connectivity index (χ1) is 28.5. The second kappa shape index (κ2) is 18.9. The second-order valence-electron chi connectivity index (χ2n) is 15.7. The molecule has 3 aliphatic heterocycles. The molecule has 60 heavy (non-hydrogen) atoms. The fourth-order valence-electron chi connectivity index (χ4n) is 7.58. The number of hydrogen-bond donors (Lipinski definition) is 1. The van der Waals surface area contributed by atoms with E-state index in [1.165, 1.54) is 77.0 Å². The standard InChI is InChI=1S/C40H46N6O11S2Si/c1-24-35-34(25(2)57-60(3,4)5)38(48)44(35)36(39(49)55-21-26-6-10-28(11-7-26)45(51)52)37(24)59-32-18-30(19-42-33(47)23-58-31-14-16-41-17-15-31)43(20-32)40(50)56-22-27-8-12-29(13-9-27)46(53)54/h6-17,24-25,30,32,34-35H,18-23H2,1-5H3,(H,42,47)/t24-,25-,30+,32+,34-,35-/m1/s1. The number of nitrogens with zero attached hydrogens (tertiary/aromatic N) is 5. The maximum atomic E-state index is 14.0. The van der Waals surface area contributed by atoms with Gasteiger partial charge in [0.25, 0.3) is 11.4 Å². The molecule has 2 fully saturated rings. The molecule has 6 rings (SSSR count). The van der Waals surface area contributed by atoms with Gasteiger partial charge in [0.15, 0.2) is 8.32 Å². The number of β-lactam (4-membered cyclic amide) rings is 1. The van der Waals surface area contributed by atoms with Crippen LogP contribution in [0.3, 0.4) is 0 Å². The molecule has 1 aromatic heterocycles. The first kappa shape index (κ1) is 44.2. The highest BCUT2D eigenvalue weighted by Gasteiger charge is 2.61. The number of aromatic nitrogens is 1. The summed E-state index contributed by atoms with van der Waals surface area (Å²) >= 11 is 2.74. The molecule has 3 amide bonds. The minimum absolute atomic E-state index is 0.0942. The van der Waals surface area contributed by atoms with Gasteiger partial charge in [0.05, 0.1) is 39.7 Å². The second-order valence-corrected chi connectivity index (χ2v) is 22.5. The van der Waals surface area contributed by atoms with Crippen LogP contribution in [0, 0.1) is 32.1 Å². The lowest BCUT2D eigenvalue weighted by atomic mass is 9.79. The number of amides is 3. The summed E-state index contributed by atoms with van der Waals surface area (Å²) < 4.78 is 17.8. The van der Waals surface area contributed by atoms with Crippen LogP contribution in [0.1, 0.15) is 31.4 Å². The molecular weight excluding hydrogens is 833 g/mol. The van der Waals surface area contributed by atoms with Crippen molar-refractivity contribution in [2.24, 2.45) is 11.8 Å². The molecule has 0 aliphatic carbocycles. The highest BCUT2D eigenvalue weighted by atomic mass is 32.2. The van der Waals surface area contributed by atoms with Crippen molar-refractivity contribution in [1.82, 2.24) is 20.1 Å². The van der Waals surface area contributed by atoms with E-state index in [1.54, 1.807) is 29.4 Å². The molecular formula is C40H46N6O11S2Si. The highest BCUT2D eigenvalue weighted by molar-refractivity contribution is 8.03. The number of hydrogen-bond acceptors (Lipinski definition) is 14. The first-order valence-electron chi connectivity index (χ1n) is 19.3. The Balaban J connectivity index is 1.21. The predicted molar refractivity (Wildman–Crippen MR) is 225 cm³/mol. The number of ether oxygens (including phenoxy) is 2. The van der Waals surface area contributed by atoms with Crippen molar-refractivity contribution < 1.29 is 42.9 Å². The number of benzene rings is 2. The molecule has 3 aromatic rings. The van der Waals surface area contributed by atoms with Crippen molar-refractivity contribution in [2.75, 3.05) is 18.8 Å². The van der Waals surface area contributed by atoms with E-state index >= 15 is 0 Å². The van der Waals surface area contributed by atoms with Crippen LogP contribution in [0.2, 0.25) is 19.6 Å². The van der Waals surface area contributed by atoms with E-state index in [0.29, 0.717) is 22.5 Å². The molecule has 20 heteroatoms. The van der Waals surface area contributed by atoms with Crippen LogP contribution in [0.4, 0.5) is 16.2 Å². The Bertz CT molecular complexity index is 2140. The molecule has 0 unspecified atom stereocenters. The van der Waals surface area contributed by atoms with E-state index in [1.807, 2.05) is 33.5 Å². The molecule has 2 aromatic carbocycles.